The van der Waals surface area contributed by atoms with Crippen molar-refractivity contribution in [1.29, 1.82) is 0 Å². The molecule has 9 nitrogen and oxygen atoms in total. The van der Waals surface area contributed by atoms with Crippen LogP contribution in [0.3, 0.4) is 0 Å². The van der Waals surface area contributed by atoms with Gasteiger partial charge >= 0.3 is 0 Å². The number of ether oxygens (including phenoxy) is 1. The molecule has 10 heteroatoms. The molecule has 4 heterocycles. The van der Waals surface area contributed by atoms with Gasteiger partial charge in [-0.05, 0) is 55.2 Å². The Morgan fingerprint density at radius 1 is 1.05 bits per heavy atom. The van der Waals surface area contributed by atoms with Crippen molar-refractivity contribution < 1.29 is 13.9 Å². The second kappa shape index (κ2) is 11.5. The summed E-state index contributed by atoms with van der Waals surface area (Å²) in [6.07, 6.45) is 6.89. The first-order valence-corrected chi connectivity index (χ1v) is 13.8. The third-order valence-corrected chi connectivity index (χ3v) is 7.57. The SMILES string of the molecule is COc1cccc(F)c1-c1nccc(Nc2cc(N3CCC[C@H](N)C3)c(-c3ccc(N4CCCC4=O)cc3)cn2)n1. The summed E-state index contributed by atoms with van der Waals surface area (Å²) in [4.78, 5) is 29.9. The average molecular weight is 554 g/mol. The molecule has 3 N–H and O–H groups in total. The quantitative estimate of drug-likeness (QED) is 0.323. The molecule has 0 radical (unpaired) electrons. The first-order valence-electron chi connectivity index (χ1n) is 13.8. The third-order valence-electron chi connectivity index (χ3n) is 7.57. The minimum Gasteiger partial charge on any atom is -0.496 e. The lowest BCUT2D eigenvalue weighted by atomic mass is 10.0. The Hall–Kier alpha value is -4.57. The van der Waals surface area contributed by atoms with Crippen molar-refractivity contribution in [1.82, 2.24) is 15.0 Å². The van der Waals surface area contributed by atoms with Gasteiger partial charge in [0.25, 0.3) is 0 Å². The number of hydrogen-bond donors (Lipinski definition) is 2. The highest BCUT2D eigenvalue weighted by Crippen LogP contribution is 2.36. The molecule has 2 aromatic heterocycles. The highest BCUT2D eigenvalue weighted by Gasteiger charge is 2.23. The van der Waals surface area contributed by atoms with Crippen LogP contribution in [0.25, 0.3) is 22.5 Å². The van der Waals surface area contributed by atoms with Crippen LogP contribution in [0.15, 0.2) is 67.0 Å². The summed E-state index contributed by atoms with van der Waals surface area (Å²) in [6.45, 7) is 2.38. The van der Waals surface area contributed by atoms with Crippen LogP contribution in [-0.4, -0.2) is 53.6 Å². The van der Waals surface area contributed by atoms with Crippen molar-refractivity contribution >= 4 is 28.9 Å². The predicted octanol–water partition coefficient (Wildman–Crippen LogP) is 5.15. The maximum Gasteiger partial charge on any atom is 0.227 e. The Labute approximate surface area is 238 Å². The summed E-state index contributed by atoms with van der Waals surface area (Å²) < 4.78 is 20.0. The molecule has 2 saturated heterocycles. The van der Waals surface area contributed by atoms with E-state index >= 15 is 0 Å². The molecule has 41 heavy (non-hydrogen) atoms. The third kappa shape index (κ3) is 5.55. The van der Waals surface area contributed by atoms with Crippen LogP contribution >= 0.6 is 0 Å². The highest BCUT2D eigenvalue weighted by molar-refractivity contribution is 5.95. The molecule has 0 unspecified atom stereocenters. The van der Waals surface area contributed by atoms with Gasteiger partial charge in [0.05, 0.1) is 12.7 Å². The molecule has 2 aliphatic rings. The molecule has 1 atom stereocenters. The summed E-state index contributed by atoms with van der Waals surface area (Å²) in [6, 6.07) is 16.5. The van der Waals surface area contributed by atoms with E-state index in [1.54, 1.807) is 24.4 Å². The lowest BCUT2D eigenvalue weighted by Gasteiger charge is -2.34. The molecule has 2 aliphatic heterocycles. The van der Waals surface area contributed by atoms with Crippen LogP contribution in [0.1, 0.15) is 25.7 Å². The van der Waals surface area contributed by atoms with Gasteiger partial charge in [0, 0.05) is 67.5 Å². The number of nitrogens with zero attached hydrogens (tertiary/aromatic N) is 5. The molecule has 2 aromatic carbocycles. The summed E-state index contributed by atoms with van der Waals surface area (Å²) in [7, 11) is 1.49. The molecule has 4 aromatic rings. The lowest BCUT2D eigenvalue weighted by Crippen LogP contribution is -2.43. The number of aromatic nitrogens is 3. The van der Waals surface area contributed by atoms with Crippen molar-refractivity contribution in [3.8, 4) is 28.3 Å². The molecule has 1 amide bonds. The fourth-order valence-electron chi connectivity index (χ4n) is 5.54. The zero-order chi connectivity index (χ0) is 28.3. The van der Waals surface area contributed by atoms with E-state index in [0.717, 1.165) is 61.4 Å². The largest absolute Gasteiger partial charge is 0.496 e. The Morgan fingerprint density at radius 2 is 1.90 bits per heavy atom. The van der Waals surface area contributed by atoms with Gasteiger partial charge in [-0.15, -0.1) is 0 Å². The minimum atomic E-state index is -0.465. The number of piperidine rings is 1. The topological polar surface area (TPSA) is 110 Å². The number of benzene rings is 2. The maximum atomic E-state index is 14.7. The maximum absolute atomic E-state index is 14.7. The molecule has 6 rings (SSSR count). The second-order valence-corrected chi connectivity index (χ2v) is 10.3. The second-order valence-electron chi connectivity index (χ2n) is 10.3. The zero-order valence-electron chi connectivity index (χ0n) is 22.9. The number of nitrogens with two attached hydrogens (primary N) is 1. The van der Waals surface area contributed by atoms with Crippen LogP contribution in [-0.2, 0) is 4.79 Å². The Kier molecular flexibility index (Phi) is 7.47. The lowest BCUT2D eigenvalue weighted by molar-refractivity contribution is -0.117. The fraction of sp³-hybridized carbons (Fsp3) is 0.290. The van der Waals surface area contributed by atoms with Crippen molar-refractivity contribution in [2.45, 2.75) is 31.7 Å². The van der Waals surface area contributed by atoms with Gasteiger partial charge < -0.3 is 25.6 Å². The van der Waals surface area contributed by atoms with E-state index < -0.39 is 5.82 Å². The summed E-state index contributed by atoms with van der Waals surface area (Å²) in [5.74, 6) is 1.33. The number of methoxy groups -OCH3 is 1. The number of anilines is 4. The molecule has 0 aliphatic carbocycles. The van der Waals surface area contributed by atoms with E-state index in [0.29, 0.717) is 23.8 Å². The Bertz CT molecular complexity index is 1560. The van der Waals surface area contributed by atoms with E-state index in [2.05, 4.69) is 20.2 Å². The highest BCUT2D eigenvalue weighted by atomic mass is 19.1. The monoisotopic (exact) mass is 553 g/mol. The fourth-order valence-corrected chi connectivity index (χ4v) is 5.54. The standard InChI is InChI=1S/C31H32FN7O2/c1-41-26-7-2-6-24(32)30(26)31-34-14-13-27(37-31)36-28-17-25(38-15-3-5-21(33)19-38)23(18-35-28)20-9-11-22(12-10-20)39-16-4-8-29(39)40/h2,6-7,9-14,17-18,21H,3-5,8,15-16,19,33H2,1H3,(H,34,35,36,37)/t21-/m0/s1. The Balaban J connectivity index is 1.33. The summed E-state index contributed by atoms with van der Waals surface area (Å²) in [5.41, 5.74) is 10.5. The molecular formula is C31H32FN7O2. The number of amides is 1. The molecular weight excluding hydrogens is 521 g/mol. The number of nitrogens with one attached hydrogen (secondary N) is 1. The normalized spacial score (nSPS) is 17.1. The van der Waals surface area contributed by atoms with Gasteiger partial charge in [0.2, 0.25) is 5.91 Å². The van der Waals surface area contributed by atoms with Gasteiger partial charge in [-0.2, -0.15) is 0 Å². The van der Waals surface area contributed by atoms with Crippen LogP contribution in [0.4, 0.5) is 27.4 Å². The average Bonchev–Trinajstić information content (AvgIpc) is 3.43. The van der Waals surface area contributed by atoms with E-state index in [9.17, 15) is 9.18 Å². The summed E-state index contributed by atoms with van der Waals surface area (Å²) >= 11 is 0. The van der Waals surface area contributed by atoms with E-state index in [1.165, 1.54) is 13.2 Å². The Morgan fingerprint density at radius 3 is 2.66 bits per heavy atom. The van der Waals surface area contributed by atoms with E-state index in [1.807, 2.05) is 41.4 Å². The molecule has 0 saturated carbocycles. The number of carbonyl (C=O) groups excluding carboxylic acids is 1. The van der Waals surface area contributed by atoms with Gasteiger partial charge in [-0.3, -0.25) is 4.79 Å². The van der Waals surface area contributed by atoms with Crippen LogP contribution in [0.5, 0.6) is 5.75 Å². The molecule has 0 spiro atoms. The van der Waals surface area contributed by atoms with E-state index in [4.69, 9.17) is 15.5 Å². The van der Waals surface area contributed by atoms with Crippen LogP contribution in [0.2, 0.25) is 0 Å². The summed E-state index contributed by atoms with van der Waals surface area (Å²) in [5, 5.41) is 3.26. The predicted molar refractivity (Wildman–Crippen MR) is 158 cm³/mol. The zero-order valence-corrected chi connectivity index (χ0v) is 22.9. The van der Waals surface area contributed by atoms with Crippen LogP contribution < -0.4 is 25.6 Å². The smallest absolute Gasteiger partial charge is 0.227 e. The molecule has 0 bridgehead atoms. The first-order chi connectivity index (χ1) is 20.0. The number of carbonyl (C=O) groups is 1. The number of rotatable bonds is 7. The molecule has 210 valence electrons. The molecule has 2 fully saturated rings. The van der Waals surface area contributed by atoms with Crippen molar-refractivity contribution in [3.05, 3.63) is 72.8 Å². The van der Waals surface area contributed by atoms with Crippen molar-refractivity contribution in [2.75, 3.05) is 41.9 Å². The van der Waals surface area contributed by atoms with Gasteiger partial charge in [0.1, 0.15) is 23.2 Å². The van der Waals surface area contributed by atoms with Crippen molar-refractivity contribution in [2.24, 2.45) is 5.73 Å². The number of hydrogen-bond acceptors (Lipinski definition) is 8. The van der Waals surface area contributed by atoms with Gasteiger partial charge in [0.15, 0.2) is 5.82 Å². The van der Waals surface area contributed by atoms with Gasteiger partial charge in [-0.25, -0.2) is 19.3 Å². The van der Waals surface area contributed by atoms with Gasteiger partial charge in [-0.1, -0.05) is 18.2 Å². The first kappa shape index (κ1) is 26.6. The van der Waals surface area contributed by atoms with Crippen molar-refractivity contribution in [3.63, 3.8) is 0 Å². The number of halogens is 1. The van der Waals surface area contributed by atoms with E-state index in [-0.39, 0.29) is 23.3 Å². The minimum absolute atomic E-state index is 0.0879. The number of pyridine rings is 1. The van der Waals surface area contributed by atoms with Crippen LogP contribution in [0, 0.1) is 5.82 Å².